The first-order chi connectivity index (χ1) is 10.7. The van der Waals surface area contributed by atoms with Crippen LogP contribution in [-0.4, -0.2) is 17.9 Å². The number of carbonyl (C=O) groups is 1. The first kappa shape index (κ1) is 15.2. The van der Waals surface area contributed by atoms with Crippen LogP contribution in [0.15, 0.2) is 24.3 Å². The number of piperidine rings is 1. The fourth-order valence-electron chi connectivity index (χ4n) is 3.95. The standard InChI is InChI=1S/C19H24N2O/c1-2-13-3-5-14(6-4-13)9-15(12-20)10-18(22)19-16-7-8-17(11-16)21-19/h3-6,15-17,19,21H,2,7-11H2,1H3/t15-,16+,17-,19+/m1/s1. The van der Waals surface area contributed by atoms with Gasteiger partial charge in [-0.05, 0) is 49.1 Å². The van der Waals surface area contributed by atoms with Gasteiger partial charge in [-0.15, -0.1) is 0 Å². The van der Waals surface area contributed by atoms with Crippen LogP contribution in [0.3, 0.4) is 0 Å². The van der Waals surface area contributed by atoms with Crippen molar-refractivity contribution in [1.29, 1.82) is 5.26 Å². The van der Waals surface area contributed by atoms with Crippen molar-refractivity contribution < 1.29 is 4.79 Å². The number of Topliss-reactive ketones (excluding diaryl/α,β-unsaturated/α-hetero) is 1. The molecule has 1 aliphatic carbocycles. The molecule has 22 heavy (non-hydrogen) atoms. The van der Waals surface area contributed by atoms with Gasteiger partial charge in [-0.1, -0.05) is 31.2 Å². The molecule has 4 atom stereocenters. The van der Waals surface area contributed by atoms with Crippen LogP contribution in [0.5, 0.6) is 0 Å². The van der Waals surface area contributed by atoms with E-state index in [0.29, 0.717) is 24.8 Å². The van der Waals surface area contributed by atoms with Crippen LogP contribution in [0.25, 0.3) is 0 Å². The van der Waals surface area contributed by atoms with Crippen molar-refractivity contribution in [1.82, 2.24) is 5.32 Å². The molecule has 3 heteroatoms. The maximum Gasteiger partial charge on any atom is 0.151 e. The summed E-state index contributed by atoms with van der Waals surface area (Å²) < 4.78 is 0. The lowest BCUT2D eigenvalue weighted by Gasteiger charge is -2.22. The van der Waals surface area contributed by atoms with Crippen molar-refractivity contribution >= 4 is 5.78 Å². The molecular formula is C19H24N2O. The van der Waals surface area contributed by atoms with Crippen LogP contribution in [-0.2, 0) is 17.6 Å². The molecule has 2 bridgehead atoms. The van der Waals surface area contributed by atoms with Gasteiger partial charge in [0.1, 0.15) is 0 Å². The number of hydrogen-bond acceptors (Lipinski definition) is 3. The zero-order chi connectivity index (χ0) is 15.5. The van der Waals surface area contributed by atoms with Crippen LogP contribution in [0.2, 0.25) is 0 Å². The second-order valence-electron chi connectivity index (χ2n) is 6.79. The summed E-state index contributed by atoms with van der Waals surface area (Å²) in [4.78, 5) is 12.5. The molecule has 1 aliphatic heterocycles. The number of benzene rings is 1. The van der Waals surface area contributed by atoms with E-state index >= 15 is 0 Å². The van der Waals surface area contributed by atoms with Crippen molar-refractivity contribution in [3.63, 3.8) is 0 Å². The van der Waals surface area contributed by atoms with Gasteiger partial charge < -0.3 is 5.32 Å². The van der Waals surface area contributed by atoms with Gasteiger partial charge in [-0.25, -0.2) is 0 Å². The normalized spacial score (nSPS) is 27.5. The highest BCUT2D eigenvalue weighted by molar-refractivity contribution is 5.85. The molecule has 0 spiro atoms. The third kappa shape index (κ3) is 3.23. The van der Waals surface area contributed by atoms with E-state index in [1.165, 1.54) is 18.4 Å². The summed E-state index contributed by atoms with van der Waals surface area (Å²) in [5.41, 5.74) is 2.46. The van der Waals surface area contributed by atoms with E-state index < -0.39 is 0 Å². The number of fused-ring (bicyclic) bond motifs is 2. The molecule has 116 valence electrons. The number of nitrogens with one attached hydrogen (secondary N) is 1. The van der Waals surface area contributed by atoms with Crippen molar-refractivity contribution in [3.05, 3.63) is 35.4 Å². The summed E-state index contributed by atoms with van der Waals surface area (Å²) in [5.74, 6) is 0.547. The Balaban J connectivity index is 1.57. The average molecular weight is 296 g/mol. The molecule has 2 aliphatic rings. The molecule has 0 unspecified atom stereocenters. The Kier molecular flexibility index (Phi) is 4.59. The number of ketones is 1. The largest absolute Gasteiger partial charge is 0.304 e. The highest BCUT2D eigenvalue weighted by Gasteiger charge is 2.42. The number of rotatable bonds is 6. The molecule has 1 N–H and O–H groups in total. The Labute approximate surface area is 132 Å². The molecule has 2 fully saturated rings. The van der Waals surface area contributed by atoms with E-state index in [-0.39, 0.29) is 17.7 Å². The molecule has 3 nitrogen and oxygen atoms in total. The summed E-state index contributed by atoms with van der Waals surface area (Å²) in [6.07, 6.45) is 5.60. The number of nitrogens with zero attached hydrogens (tertiary/aromatic N) is 1. The fraction of sp³-hybridized carbons (Fsp3) is 0.579. The second kappa shape index (κ2) is 6.62. The number of nitriles is 1. The Bertz CT molecular complexity index is 572. The minimum Gasteiger partial charge on any atom is -0.304 e. The molecule has 0 radical (unpaired) electrons. The molecule has 1 aromatic rings. The highest BCUT2D eigenvalue weighted by atomic mass is 16.1. The molecule has 0 aromatic heterocycles. The molecular weight excluding hydrogens is 272 g/mol. The molecule has 0 amide bonds. The lowest BCUT2D eigenvalue weighted by atomic mass is 9.88. The van der Waals surface area contributed by atoms with Crippen LogP contribution >= 0.6 is 0 Å². The Hall–Kier alpha value is -1.66. The van der Waals surface area contributed by atoms with E-state index in [1.807, 2.05) is 0 Å². The van der Waals surface area contributed by atoms with Gasteiger partial charge in [0.05, 0.1) is 18.0 Å². The van der Waals surface area contributed by atoms with E-state index in [0.717, 1.165) is 18.4 Å². The quantitative estimate of drug-likeness (QED) is 0.878. The number of carbonyl (C=O) groups excluding carboxylic acids is 1. The fourth-order valence-corrected chi connectivity index (χ4v) is 3.95. The summed E-state index contributed by atoms with van der Waals surface area (Å²) in [5, 5.41) is 12.8. The second-order valence-corrected chi connectivity index (χ2v) is 6.79. The van der Waals surface area contributed by atoms with Crippen molar-refractivity contribution in [2.24, 2.45) is 11.8 Å². The van der Waals surface area contributed by atoms with Gasteiger partial charge >= 0.3 is 0 Å². The van der Waals surface area contributed by atoms with Crippen LogP contribution < -0.4 is 5.32 Å². The van der Waals surface area contributed by atoms with Gasteiger partial charge in [-0.2, -0.15) is 5.26 Å². The van der Waals surface area contributed by atoms with Gasteiger partial charge in [0.2, 0.25) is 0 Å². The maximum absolute atomic E-state index is 12.5. The monoisotopic (exact) mass is 296 g/mol. The minimum absolute atomic E-state index is 0.0112. The van der Waals surface area contributed by atoms with Gasteiger partial charge in [-0.3, -0.25) is 4.79 Å². The van der Waals surface area contributed by atoms with Crippen molar-refractivity contribution in [2.75, 3.05) is 0 Å². The highest BCUT2D eigenvalue weighted by Crippen LogP contribution is 2.36. The van der Waals surface area contributed by atoms with Crippen LogP contribution in [0, 0.1) is 23.2 Å². The van der Waals surface area contributed by atoms with E-state index in [1.54, 1.807) is 0 Å². The molecule has 1 heterocycles. The molecule has 1 saturated heterocycles. The SMILES string of the molecule is CCc1ccc(C[C@@H](C#N)CC(=O)[C@H]2N[C@@H]3CC[C@H]2C3)cc1. The number of hydrogen-bond donors (Lipinski definition) is 1. The summed E-state index contributed by atoms with van der Waals surface area (Å²) in [6.45, 7) is 2.13. The van der Waals surface area contributed by atoms with Crippen molar-refractivity contribution in [2.45, 2.75) is 57.5 Å². The Morgan fingerprint density at radius 1 is 1.32 bits per heavy atom. The zero-order valence-electron chi connectivity index (χ0n) is 13.2. The predicted octanol–water partition coefficient (Wildman–Crippen LogP) is 3.03. The Morgan fingerprint density at radius 3 is 2.59 bits per heavy atom. The average Bonchev–Trinajstić information content (AvgIpc) is 3.18. The maximum atomic E-state index is 12.5. The lowest BCUT2D eigenvalue weighted by Crippen LogP contribution is -2.42. The van der Waals surface area contributed by atoms with Crippen LogP contribution in [0.1, 0.15) is 43.7 Å². The van der Waals surface area contributed by atoms with E-state index in [4.69, 9.17) is 0 Å². The topological polar surface area (TPSA) is 52.9 Å². The molecule has 1 saturated carbocycles. The smallest absolute Gasteiger partial charge is 0.151 e. The lowest BCUT2D eigenvalue weighted by molar-refractivity contribution is -0.122. The summed E-state index contributed by atoms with van der Waals surface area (Å²) in [7, 11) is 0. The first-order valence-electron chi connectivity index (χ1n) is 8.45. The van der Waals surface area contributed by atoms with Crippen molar-refractivity contribution in [3.8, 4) is 6.07 Å². The third-order valence-corrected chi connectivity index (χ3v) is 5.25. The van der Waals surface area contributed by atoms with Crippen LogP contribution in [0.4, 0.5) is 0 Å². The zero-order valence-corrected chi connectivity index (χ0v) is 13.2. The molecule has 1 aromatic carbocycles. The van der Waals surface area contributed by atoms with E-state index in [2.05, 4.69) is 42.6 Å². The number of aryl methyl sites for hydroxylation is 1. The first-order valence-corrected chi connectivity index (χ1v) is 8.45. The molecule has 3 rings (SSSR count). The summed E-state index contributed by atoms with van der Waals surface area (Å²) >= 11 is 0. The van der Waals surface area contributed by atoms with E-state index in [9.17, 15) is 10.1 Å². The van der Waals surface area contributed by atoms with Gasteiger partial charge in [0, 0.05) is 12.5 Å². The van der Waals surface area contributed by atoms with Gasteiger partial charge in [0.15, 0.2) is 5.78 Å². The van der Waals surface area contributed by atoms with Gasteiger partial charge in [0.25, 0.3) is 0 Å². The minimum atomic E-state index is -0.207. The summed E-state index contributed by atoms with van der Waals surface area (Å²) in [6, 6.07) is 11.3. The predicted molar refractivity (Wildman–Crippen MR) is 86.3 cm³/mol. The Morgan fingerprint density at radius 2 is 2.05 bits per heavy atom. The third-order valence-electron chi connectivity index (χ3n) is 5.25.